The molecule has 1 aliphatic heterocycles. The van der Waals surface area contributed by atoms with Crippen molar-refractivity contribution in [2.45, 2.75) is 44.6 Å². The number of aryl methyl sites for hydroxylation is 2. The van der Waals surface area contributed by atoms with E-state index in [1.165, 1.54) is 22.9 Å². The van der Waals surface area contributed by atoms with Crippen molar-refractivity contribution in [1.82, 2.24) is 9.88 Å². The first-order valence-corrected chi connectivity index (χ1v) is 9.47. The van der Waals surface area contributed by atoms with Gasteiger partial charge in [-0.05, 0) is 56.4 Å². The number of rotatable bonds is 4. The molecule has 3 nitrogen and oxygen atoms in total. The minimum atomic E-state index is 0.252. The molecule has 0 saturated carbocycles. The lowest BCUT2D eigenvalue weighted by atomic mass is 10.1. The van der Waals surface area contributed by atoms with Crippen molar-refractivity contribution in [2.24, 2.45) is 0 Å². The van der Waals surface area contributed by atoms with E-state index in [2.05, 4.69) is 38.1 Å². The van der Waals surface area contributed by atoms with E-state index in [0.29, 0.717) is 5.75 Å². The fourth-order valence-corrected chi connectivity index (χ4v) is 4.06. The molecule has 1 aromatic heterocycles. The van der Waals surface area contributed by atoms with Gasteiger partial charge in [-0.1, -0.05) is 30.3 Å². The zero-order valence-corrected chi connectivity index (χ0v) is 14.8. The van der Waals surface area contributed by atoms with Crippen molar-refractivity contribution in [3.8, 4) is 0 Å². The first-order valence-electron chi connectivity index (χ1n) is 8.48. The number of amides is 1. The number of pyridine rings is 1. The smallest absolute Gasteiger partial charge is 0.232 e. The van der Waals surface area contributed by atoms with Crippen molar-refractivity contribution in [2.75, 3.05) is 18.8 Å². The highest BCUT2D eigenvalue weighted by molar-refractivity contribution is 7.99. The van der Waals surface area contributed by atoms with E-state index >= 15 is 0 Å². The summed E-state index contributed by atoms with van der Waals surface area (Å²) in [6, 6.07) is 8.56. The molecule has 2 aromatic rings. The summed E-state index contributed by atoms with van der Waals surface area (Å²) < 4.78 is 0. The predicted molar refractivity (Wildman–Crippen MR) is 97.0 cm³/mol. The second kappa shape index (κ2) is 7.35. The van der Waals surface area contributed by atoms with Crippen LogP contribution in [0.1, 0.15) is 37.3 Å². The van der Waals surface area contributed by atoms with E-state index in [-0.39, 0.29) is 5.91 Å². The summed E-state index contributed by atoms with van der Waals surface area (Å²) in [5.41, 5.74) is 3.50. The van der Waals surface area contributed by atoms with Gasteiger partial charge in [-0.2, -0.15) is 0 Å². The topological polar surface area (TPSA) is 33.2 Å². The van der Waals surface area contributed by atoms with Crippen LogP contribution < -0.4 is 0 Å². The largest absolute Gasteiger partial charge is 0.342 e. The normalized spacial score (nSPS) is 15.1. The maximum absolute atomic E-state index is 12.4. The minimum Gasteiger partial charge on any atom is -0.342 e. The lowest BCUT2D eigenvalue weighted by Crippen LogP contribution is -2.36. The molecule has 0 unspecified atom stereocenters. The third-order valence-corrected chi connectivity index (χ3v) is 5.45. The Balaban J connectivity index is 1.76. The molecule has 4 heteroatoms. The Morgan fingerprint density at radius 1 is 1.22 bits per heavy atom. The van der Waals surface area contributed by atoms with Crippen LogP contribution in [-0.2, 0) is 11.2 Å². The Hall–Kier alpha value is -1.55. The summed E-state index contributed by atoms with van der Waals surface area (Å²) in [5.74, 6) is 0.750. The molecule has 0 atom stereocenters. The van der Waals surface area contributed by atoms with Gasteiger partial charge in [0, 0.05) is 18.5 Å². The number of carbonyl (C=O) groups is 1. The van der Waals surface area contributed by atoms with E-state index in [1.54, 1.807) is 11.8 Å². The molecule has 1 saturated heterocycles. The van der Waals surface area contributed by atoms with Crippen LogP contribution in [0.5, 0.6) is 0 Å². The molecule has 1 aromatic carbocycles. The Bertz CT molecular complexity index is 708. The number of likely N-dealkylation sites (tertiary alicyclic amines) is 1. The van der Waals surface area contributed by atoms with Crippen LogP contribution >= 0.6 is 11.8 Å². The van der Waals surface area contributed by atoms with Gasteiger partial charge in [-0.25, -0.2) is 4.98 Å². The minimum absolute atomic E-state index is 0.252. The number of hydrogen-bond donors (Lipinski definition) is 0. The highest BCUT2D eigenvalue weighted by Gasteiger charge is 2.17. The van der Waals surface area contributed by atoms with Crippen molar-refractivity contribution >= 4 is 28.6 Å². The summed E-state index contributed by atoms with van der Waals surface area (Å²) in [4.78, 5) is 19.2. The molecule has 0 bridgehead atoms. The SMILES string of the molecule is CCc1cc2cc(C)ccc2nc1SCC(=O)N1CCCCC1. The lowest BCUT2D eigenvalue weighted by molar-refractivity contribution is -0.129. The Morgan fingerprint density at radius 2 is 2.00 bits per heavy atom. The molecule has 3 rings (SSSR count). The maximum Gasteiger partial charge on any atom is 0.232 e. The molecular weight excluding hydrogens is 304 g/mol. The van der Waals surface area contributed by atoms with Gasteiger partial charge in [-0.3, -0.25) is 4.79 Å². The Labute approximate surface area is 142 Å². The molecule has 2 heterocycles. The van der Waals surface area contributed by atoms with Gasteiger partial charge in [0.15, 0.2) is 0 Å². The molecule has 1 fully saturated rings. The number of aromatic nitrogens is 1. The molecule has 0 aliphatic carbocycles. The van der Waals surface area contributed by atoms with Gasteiger partial charge in [0.25, 0.3) is 0 Å². The molecule has 1 amide bonds. The molecule has 23 heavy (non-hydrogen) atoms. The second-order valence-corrected chi connectivity index (χ2v) is 7.20. The van der Waals surface area contributed by atoms with Crippen LogP contribution in [0.3, 0.4) is 0 Å². The van der Waals surface area contributed by atoms with Crippen LogP contribution in [0, 0.1) is 6.92 Å². The quantitative estimate of drug-likeness (QED) is 0.788. The summed E-state index contributed by atoms with van der Waals surface area (Å²) in [6.07, 6.45) is 4.48. The van der Waals surface area contributed by atoms with Crippen molar-refractivity contribution in [1.29, 1.82) is 0 Å². The van der Waals surface area contributed by atoms with Gasteiger partial charge in [0.2, 0.25) is 5.91 Å². The molecule has 0 spiro atoms. The third kappa shape index (κ3) is 3.86. The van der Waals surface area contributed by atoms with E-state index < -0.39 is 0 Å². The van der Waals surface area contributed by atoms with Crippen LogP contribution in [-0.4, -0.2) is 34.6 Å². The first kappa shape index (κ1) is 16.3. The van der Waals surface area contributed by atoms with Crippen LogP contribution in [0.4, 0.5) is 0 Å². The molecule has 122 valence electrons. The van der Waals surface area contributed by atoms with Gasteiger partial charge in [-0.15, -0.1) is 0 Å². The zero-order valence-electron chi connectivity index (χ0n) is 14.0. The highest BCUT2D eigenvalue weighted by Crippen LogP contribution is 2.26. The third-order valence-electron chi connectivity index (χ3n) is 4.43. The monoisotopic (exact) mass is 328 g/mol. The van der Waals surface area contributed by atoms with Crippen molar-refractivity contribution in [3.63, 3.8) is 0 Å². The second-order valence-electron chi connectivity index (χ2n) is 6.23. The maximum atomic E-state index is 12.4. The van der Waals surface area contributed by atoms with E-state index in [9.17, 15) is 4.79 Å². The summed E-state index contributed by atoms with van der Waals surface area (Å²) >= 11 is 1.59. The number of thioether (sulfide) groups is 1. The molecule has 0 radical (unpaired) electrons. The Kier molecular flexibility index (Phi) is 5.21. The van der Waals surface area contributed by atoms with Gasteiger partial charge in [0.05, 0.1) is 11.3 Å². The lowest BCUT2D eigenvalue weighted by Gasteiger charge is -2.26. The average molecular weight is 328 g/mol. The van der Waals surface area contributed by atoms with Gasteiger partial charge in [0.1, 0.15) is 5.03 Å². The molecule has 1 aliphatic rings. The zero-order chi connectivity index (χ0) is 16.2. The van der Waals surface area contributed by atoms with E-state index in [1.807, 2.05) is 4.90 Å². The van der Waals surface area contributed by atoms with Crippen LogP contribution in [0.15, 0.2) is 29.3 Å². The molecular formula is C19H24N2OS. The molecule has 0 N–H and O–H groups in total. The number of hydrogen-bond acceptors (Lipinski definition) is 3. The van der Waals surface area contributed by atoms with Crippen molar-refractivity contribution in [3.05, 3.63) is 35.4 Å². The van der Waals surface area contributed by atoms with E-state index in [4.69, 9.17) is 4.98 Å². The van der Waals surface area contributed by atoms with Crippen LogP contribution in [0.2, 0.25) is 0 Å². The fourth-order valence-electron chi connectivity index (χ4n) is 3.06. The standard InChI is InChI=1S/C19H24N2OS/c1-3-15-12-16-11-14(2)7-8-17(16)20-19(15)23-13-18(22)21-9-5-4-6-10-21/h7-8,11-12H,3-6,9-10,13H2,1-2H3. The van der Waals surface area contributed by atoms with Gasteiger partial charge >= 0.3 is 0 Å². The number of fused-ring (bicyclic) bond motifs is 1. The summed E-state index contributed by atoms with van der Waals surface area (Å²) in [6.45, 7) is 6.09. The Morgan fingerprint density at radius 3 is 2.74 bits per heavy atom. The number of piperidine rings is 1. The number of benzene rings is 1. The number of nitrogens with zero attached hydrogens (tertiary/aromatic N) is 2. The highest BCUT2D eigenvalue weighted by atomic mass is 32.2. The summed E-state index contributed by atoms with van der Waals surface area (Å²) in [5, 5.41) is 2.20. The fraction of sp³-hybridized carbons (Fsp3) is 0.474. The summed E-state index contributed by atoms with van der Waals surface area (Å²) in [7, 11) is 0. The van der Waals surface area contributed by atoms with Gasteiger partial charge < -0.3 is 4.90 Å². The predicted octanol–water partition coefficient (Wildman–Crippen LogP) is 4.21. The first-order chi connectivity index (χ1) is 11.2. The average Bonchev–Trinajstić information content (AvgIpc) is 2.59. The van der Waals surface area contributed by atoms with Crippen molar-refractivity contribution < 1.29 is 4.79 Å². The number of carbonyl (C=O) groups excluding carboxylic acids is 1. The van der Waals surface area contributed by atoms with Crippen LogP contribution in [0.25, 0.3) is 10.9 Å². The van der Waals surface area contributed by atoms with E-state index in [0.717, 1.165) is 42.9 Å².